The van der Waals surface area contributed by atoms with Crippen molar-refractivity contribution in [2.75, 3.05) is 0 Å². The van der Waals surface area contributed by atoms with E-state index >= 15 is 0 Å². The van der Waals surface area contributed by atoms with Crippen molar-refractivity contribution >= 4 is 5.78 Å². The molecule has 0 saturated carbocycles. The van der Waals surface area contributed by atoms with Crippen LogP contribution in [-0.4, -0.2) is 10.8 Å². The van der Waals surface area contributed by atoms with E-state index in [1.165, 1.54) is 0 Å². The fraction of sp³-hybridized carbons (Fsp3) is 0.0526. The second kappa shape index (κ2) is 6.22. The van der Waals surface area contributed by atoms with Gasteiger partial charge in [-0.05, 0) is 55.5 Å². The minimum absolute atomic E-state index is 0.0169. The zero-order valence-electron chi connectivity index (χ0n) is 12.2. The molecule has 0 saturated heterocycles. The van der Waals surface area contributed by atoms with Gasteiger partial charge in [-0.15, -0.1) is 0 Å². The molecule has 3 heteroatoms. The molecule has 3 nitrogen and oxygen atoms in total. The van der Waals surface area contributed by atoms with E-state index in [0.29, 0.717) is 16.9 Å². The molecule has 0 N–H and O–H groups in total. The monoisotopic (exact) mass is 289 g/mol. The van der Waals surface area contributed by atoms with Crippen molar-refractivity contribution in [3.63, 3.8) is 0 Å². The molecule has 0 amide bonds. The largest absolute Gasteiger partial charge is 0.457 e. The van der Waals surface area contributed by atoms with E-state index in [4.69, 9.17) is 4.74 Å². The summed E-state index contributed by atoms with van der Waals surface area (Å²) in [6.07, 6.45) is 1.65. The zero-order valence-corrected chi connectivity index (χ0v) is 12.2. The third-order valence-corrected chi connectivity index (χ3v) is 3.25. The van der Waals surface area contributed by atoms with Crippen molar-refractivity contribution in [2.45, 2.75) is 6.92 Å². The highest BCUT2D eigenvalue weighted by Gasteiger charge is 2.09. The van der Waals surface area contributed by atoms with Crippen molar-refractivity contribution < 1.29 is 9.53 Å². The summed E-state index contributed by atoms with van der Waals surface area (Å²) in [7, 11) is 0. The van der Waals surface area contributed by atoms with Gasteiger partial charge in [0.2, 0.25) is 0 Å². The Balaban J connectivity index is 1.78. The van der Waals surface area contributed by atoms with Crippen molar-refractivity contribution in [2.24, 2.45) is 0 Å². The Morgan fingerprint density at radius 3 is 2.23 bits per heavy atom. The van der Waals surface area contributed by atoms with Gasteiger partial charge in [-0.1, -0.05) is 18.2 Å². The first-order valence-corrected chi connectivity index (χ1v) is 7.03. The summed E-state index contributed by atoms with van der Waals surface area (Å²) in [5, 5.41) is 0. The van der Waals surface area contributed by atoms with Crippen molar-refractivity contribution in [1.82, 2.24) is 4.98 Å². The van der Waals surface area contributed by atoms with Gasteiger partial charge in [0, 0.05) is 23.0 Å². The predicted molar refractivity (Wildman–Crippen MR) is 85.4 cm³/mol. The first-order valence-electron chi connectivity index (χ1n) is 7.03. The zero-order chi connectivity index (χ0) is 15.4. The average molecular weight is 289 g/mol. The number of ketones is 1. The summed E-state index contributed by atoms with van der Waals surface area (Å²) >= 11 is 0. The first-order chi connectivity index (χ1) is 10.7. The van der Waals surface area contributed by atoms with Crippen LogP contribution in [0.2, 0.25) is 0 Å². The van der Waals surface area contributed by atoms with Gasteiger partial charge >= 0.3 is 0 Å². The number of carbonyl (C=O) groups excluding carboxylic acids is 1. The molecule has 2 aromatic carbocycles. The maximum absolute atomic E-state index is 12.4. The van der Waals surface area contributed by atoms with E-state index in [0.717, 1.165) is 11.4 Å². The van der Waals surface area contributed by atoms with E-state index in [2.05, 4.69) is 4.98 Å². The average Bonchev–Trinajstić information content (AvgIpc) is 2.56. The molecule has 22 heavy (non-hydrogen) atoms. The van der Waals surface area contributed by atoms with Gasteiger partial charge in [0.15, 0.2) is 5.78 Å². The lowest BCUT2D eigenvalue weighted by molar-refractivity contribution is 0.103. The lowest BCUT2D eigenvalue weighted by Crippen LogP contribution is -2.02. The number of aromatic nitrogens is 1. The summed E-state index contributed by atoms with van der Waals surface area (Å²) in [5.74, 6) is 1.46. The molecule has 3 rings (SSSR count). The number of rotatable bonds is 4. The molecule has 0 fully saturated rings. The van der Waals surface area contributed by atoms with Gasteiger partial charge in [-0.25, -0.2) is 0 Å². The summed E-state index contributed by atoms with van der Waals surface area (Å²) in [6.45, 7) is 1.87. The van der Waals surface area contributed by atoms with Crippen molar-refractivity contribution in [1.29, 1.82) is 0 Å². The van der Waals surface area contributed by atoms with Crippen LogP contribution in [0.25, 0.3) is 0 Å². The van der Waals surface area contributed by atoms with Crippen LogP contribution < -0.4 is 4.74 Å². The summed E-state index contributed by atoms with van der Waals surface area (Å²) in [5.41, 5.74) is 2.10. The van der Waals surface area contributed by atoms with Crippen molar-refractivity contribution in [3.8, 4) is 11.5 Å². The van der Waals surface area contributed by atoms with Crippen LogP contribution in [-0.2, 0) is 0 Å². The number of ether oxygens (including phenoxy) is 1. The lowest BCUT2D eigenvalue weighted by Gasteiger charge is -2.06. The second-order valence-corrected chi connectivity index (χ2v) is 4.95. The van der Waals surface area contributed by atoms with Gasteiger partial charge in [-0.2, -0.15) is 0 Å². The summed E-state index contributed by atoms with van der Waals surface area (Å²) < 4.78 is 5.72. The molecule has 0 unspecified atom stereocenters. The number of hydrogen-bond donors (Lipinski definition) is 0. The number of para-hydroxylation sites is 1. The molecule has 1 heterocycles. The Morgan fingerprint density at radius 1 is 0.864 bits per heavy atom. The molecule has 1 aromatic heterocycles. The lowest BCUT2D eigenvalue weighted by atomic mass is 10.0. The fourth-order valence-electron chi connectivity index (χ4n) is 2.15. The van der Waals surface area contributed by atoms with Crippen LogP contribution in [0.15, 0.2) is 72.9 Å². The Labute approximate surface area is 129 Å². The number of aryl methyl sites for hydroxylation is 1. The van der Waals surface area contributed by atoms with Gasteiger partial charge < -0.3 is 4.74 Å². The standard InChI is InChI=1S/C19H15NO2/c1-14-13-16(11-12-20-14)19(21)15-7-9-18(10-8-15)22-17-5-3-2-4-6-17/h2-13H,1H3. The number of benzene rings is 2. The molecule has 0 radical (unpaired) electrons. The second-order valence-electron chi connectivity index (χ2n) is 4.95. The maximum Gasteiger partial charge on any atom is 0.193 e. The first kappa shape index (κ1) is 14.0. The quantitative estimate of drug-likeness (QED) is 0.668. The van der Waals surface area contributed by atoms with Crippen molar-refractivity contribution in [3.05, 3.63) is 89.7 Å². The molecule has 0 atom stereocenters. The Hall–Kier alpha value is -2.94. The maximum atomic E-state index is 12.4. The third kappa shape index (κ3) is 3.20. The third-order valence-electron chi connectivity index (χ3n) is 3.25. The molecule has 108 valence electrons. The van der Waals surface area contributed by atoms with Gasteiger partial charge in [-0.3, -0.25) is 9.78 Å². The van der Waals surface area contributed by atoms with Crippen LogP contribution in [0.5, 0.6) is 11.5 Å². The molecular formula is C19H15NO2. The van der Waals surface area contributed by atoms with Crippen LogP contribution >= 0.6 is 0 Å². The fourth-order valence-corrected chi connectivity index (χ4v) is 2.15. The number of carbonyl (C=O) groups is 1. The summed E-state index contributed by atoms with van der Waals surface area (Å²) in [6, 6.07) is 20.2. The van der Waals surface area contributed by atoms with E-state index in [-0.39, 0.29) is 5.78 Å². The highest BCUT2D eigenvalue weighted by Crippen LogP contribution is 2.22. The van der Waals surface area contributed by atoms with E-state index in [9.17, 15) is 4.79 Å². The van der Waals surface area contributed by atoms with Crippen LogP contribution in [0.4, 0.5) is 0 Å². The van der Waals surface area contributed by atoms with Gasteiger partial charge in [0.25, 0.3) is 0 Å². The minimum atomic E-state index is -0.0169. The topological polar surface area (TPSA) is 39.2 Å². The van der Waals surface area contributed by atoms with Crippen LogP contribution in [0, 0.1) is 6.92 Å². The Bertz CT molecular complexity index is 780. The predicted octanol–water partition coefficient (Wildman–Crippen LogP) is 4.41. The highest BCUT2D eigenvalue weighted by atomic mass is 16.5. The molecular weight excluding hydrogens is 274 g/mol. The van der Waals surface area contributed by atoms with Gasteiger partial charge in [0.1, 0.15) is 11.5 Å². The molecule has 0 spiro atoms. The van der Waals surface area contributed by atoms with E-state index in [1.807, 2.05) is 37.3 Å². The van der Waals surface area contributed by atoms with Gasteiger partial charge in [0.05, 0.1) is 0 Å². The normalized spacial score (nSPS) is 10.2. The van der Waals surface area contributed by atoms with E-state index in [1.54, 1.807) is 42.6 Å². The molecule has 3 aromatic rings. The minimum Gasteiger partial charge on any atom is -0.457 e. The van der Waals surface area contributed by atoms with Crippen LogP contribution in [0.3, 0.4) is 0 Å². The summed E-state index contributed by atoms with van der Waals surface area (Å²) in [4.78, 5) is 16.5. The smallest absolute Gasteiger partial charge is 0.193 e. The number of hydrogen-bond acceptors (Lipinski definition) is 3. The molecule has 0 aliphatic heterocycles. The molecule has 0 aliphatic carbocycles. The Kier molecular flexibility index (Phi) is 3.97. The number of nitrogens with zero attached hydrogens (tertiary/aromatic N) is 1. The Morgan fingerprint density at radius 2 is 1.55 bits per heavy atom. The highest BCUT2D eigenvalue weighted by molar-refractivity contribution is 6.09. The molecule has 0 aliphatic rings. The molecule has 0 bridgehead atoms. The van der Waals surface area contributed by atoms with Crippen LogP contribution in [0.1, 0.15) is 21.6 Å². The SMILES string of the molecule is Cc1cc(C(=O)c2ccc(Oc3ccccc3)cc2)ccn1. The van der Waals surface area contributed by atoms with E-state index < -0.39 is 0 Å². The number of pyridine rings is 1.